The maximum atomic E-state index is 5.98. The molecular formula is C26H24N5O-. The lowest BCUT2D eigenvalue weighted by atomic mass is 9.64. The van der Waals surface area contributed by atoms with Crippen molar-refractivity contribution in [3.63, 3.8) is 0 Å². The topological polar surface area (TPSA) is 74.9 Å². The summed E-state index contributed by atoms with van der Waals surface area (Å²) in [6.45, 7) is 0.477. The molecule has 6 nitrogen and oxygen atoms in total. The summed E-state index contributed by atoms with van der Waals surface area (Å²) in [6.07, 6.45) is 6.97. The Morgan fingerprint density at radius 2 is 1.75 bits per heavy atom. The molecule has 32 heavy (non-hydrogen) atoms. The van der Waals surface area contributed by atoms with Gasteiger partial charge >= 0.3 is 0 Å². The SMILES string of the molecule is c1ccc(COc2ccc([C@@]3(c4ccc(-c5nnn[n-]5)cc4)CC4CC[C@@H]3C4)cc2)nc1. The molecule has 0 radical (unpaired) electrons. The number of hydrogen-bond acceptors (Lipinski definition) is 5. The van der Waals surface area contributed by atoms with Crippen molar-refractivity contribution in [3.05, 3.63) is 89.7 Å². The van der Waals surface area contributed by atoms with Gasteiger partial charge in [-0.15, -0.1) is 0 Å². The van der Waals surface area contributed by atoms with Crippen molar-refractivity contribution in [3.8, 4) is 17.1 Å². The molecule has 2 aliphatic rings. The van der Waals surface area contributed by atoms with Gasteiger partial charge in [0.15, 0.2) is 0 Å². The van der Waals surface area contributed by atoms with E-state index in [4.69, 9.17) is 4.74 Å². The third-order valence-corrected chi connectivity index (χ3v) is 7.31. The average molecular weight is 423 g/mol. The van der Waals surface area contributed by atoms with E-state index >= 15 is 0 Å². The maximum absolute atomic E-state index is 5.98. The van der Waals surface area contributed by atoms with Gasteiger partial charge in [0.25, 0.3) is 0 Å². The predicted octanol–water partition coefficient (Wildman–Crippen LogP) is 4.58. The van der Waals surface area contributed by atoms with Crippen LogP contribution >= 0.6 is 0 Å². The molecule has 0 N–H and O–H groups in total. The van der Waals surface area contributed by atoms with E-state index in [1.54, 1.807) is 6.20 Å². The first-order valence-electron chi connectivity index (χ1n) is 11.2. The van der Waals surface area contributed by atoms with E-state index in [0.717, 1.165) is 22.9 Å². The molecule has 2 bridgehead atoms. The van der Waals surface area contributed by atoms with Gasteiger partial charge in [-0.05, 0) is 72.1 Å². The van der Waals surface area contributed by atoms with Crippen LogP contribution in [0, 0.1) is 11.8 Å². The molecular weight excluding hydrogens is 398 g/mol. The summed E-state index contributed by atoms with van der Waals surface area (Å²) in [5, 5.41) is 15.2. The van der Waals surface area contributed by atoms with Crippen LogP contribution in [-0.4, -0.2) is 20.5 Å². The summed E-state index contributed by atoms with van der Waals surface area (Å²) >= 11 is 0. The monoisotopic (exact) mass is 422 g/mol. The Kier molecular flexibility index (Phi) is 4.71. The minimum absolute atomic E-state index is 0.0599. The number of rotatable bonds is 6. The molecule has 2 heterocycles. The van der Waals surface area contributed by atoms with Crippen molar-refractivity contribution in [2.45, 2.75) is 37.7 Å². The number of hydrogen-bond donors (Lipinski definition) is 0. The van der Waals surface area contributed by atoms with Crippen LogP contribution in [0.4, 0.5) is 0 Å². The number of fused-ring (bicyclic) bond motifs is 2. The number of benzene rings is 2. The number of tetrazole rings is 1. The van der Waals surface area contributed by atoms with Crippen molar-refractivity contribution in [1.82, 2.24) is 25.6 Å². The molecule has 0 amide bonds. The molecule has 0 aliphatic heterocycles. The number of aromatic nitrogens is 5. The molecule has 160 valence electrons. The molecule has 6 heteroatoms. The van der Waals surface area contributed by atoms with E-state index in [2.05, 4.69) is 74.1 Å². The highest BCUT2D eigenvalue weighted by atomic mass is 16.5. The lowest BCUT2D eigenvalue weighted by Gasteiger charge is -2.39. The summed E-state index contributed by atoms with van der Waals surface area (Å²) in [4.78, 5) is 4.33. The van der Waals surface area contributed by atoms with Gasteiger partial charge < -0.3 is 9.84 Å². The van der Waals surface area contributed by atoms with E-state index in [-0.39, 0.29) is 5.41 Å². The molecule has 3 atom stereocenters. The lowest BCUT2D eigenvalue weighted by molar-refractivity contribution is 0.299. The molecule has 2 aliphatic carbocycles. The Bertz CT molecular complexity index is 1180. The summed E-state index contributed by atoms with van der Waals surface area (Å²) in [5.74, 6) is 2.94. The van der Waals surface area contributed by atoms with Crippen LogP contribution in [0.5, 0.6) is 5.75 Å². The minimum atomic E-state index is 0.0599. The first-order chi connectivity index (χ1) is 15.8. The molecule has 2 fully saturated rings. The number of nitrogens with zero attached hydrogens (tertiary/aromatic N) is 5. The Labute approximate surface area is 187 Å². The third kappa shape index (κ3) is 3.27. The number of ether oxygens (including phenoxy) is 1. The Morgan fingerprint density at radius 3 is 2.38 bits per heavy atom. The zero-order valence-electron chi connectivity index (χ0n) is 17.8. The second-order valence-corrected chi connectivity index (χ2v) is 8.97. The highest BCUT2D eigenvalue weighted by molar-refractivity contribution is 5.56. The normalized spacial score (nSPS) is 24.0. The first-order valence-corrected chi connectivity index (χ1v) is 11.2. The van der Waals surface area contributed by atoms with Crippen LogP contribution in [0.25, 0.3) is 11.4 Å². The van der Waals surface area contributed by atoms with Crippen LogP contribution < -0.4 is 9.84 Å². The Morgan fingerprint density at radius 1 is 0.938 bits per heavy atom. The summed E-state index contributed by atoms with van der Waals surface area (Å²) in [5.41, 5.74) is 4.71. The second kappa shape index (κ2) is 7.86. The van der Waals surface area contributed by atoms with Crippen molar-refractivity contribution >= 4 is 0 Å². The van der Waals surface area contributed by atoms with Crippen LogP contribution in [0.3, 0.4) is 0 Å². The number of pyridine rings is 1. The minimum Gasteiger partial charge on any atom is -0.487 e. The maximum Gasteiger partial charge on any atom is 0.130 e. The van der Waals surface area contributed by atoms with Gasteiger partial charge in [0, 0.05) is 17.4 Å². The van der Waals surface area contributed by atoms with Gasteiger partial charge in [0.2, 0.25) is 0 Å². The lowest BCUT2D eigenvalue weighted by Crippen LogP contribution is -2.34. The molecule has 2 aromatic carbocycles. The third-order valence-electron chi connectivity index (χ3n) is 7.31. The highest BCUT2D eigenvalue weighted by Gasteiger charge is 2.52. The fourth-order valence-corrected chi connectivity index (χ4v) is 5.87. The van der Waals surface area contributed by atoms with Crippen LogP contribution in [0.1, 0.15) is 42.5 Å². The predicted molar refractivity (Wildman–Crippen MR) is 120 cm³/mol. The van der Waals surface area contributed by atoms with Crippen LogP contribution in [0.2, 0.25) is 0 Å². The van der Waals surface area contributed by atoms with Crippen molar-refractivity contribution < 1.29 is 4.74 Å². The van der Waals surface area contributed by atoms with E-state index in [0.29, 0.717) is 18.3 Å². The van der Waals surface area contributed by atoms with Gasteiger partial charge in [0.1, 0.15) is 12.4 Å². The zero-order valence-corrected chi connectivity index (χ0v) is 17.8. The van der Waals surface area contributed by atoms with Gasteiger partial charge in [0.05, 0.1) is 5.69 Å². The fraction of sp³-hybridized carbons (Fsp3) is 0.308. The van der Waals surface area contributed by atoms with Crippen molar-refractivity contribution in [1.29, 1.82) is 0 Å². The van der Waals surface area contributed by atoms with Crippen molar-refractivity contribution in [2.75, 3.05) is 0 Å². The van der Waals surface area contributed by atoms with E-state index in [1.165, 1.54) is 36.8 Å². The summed E-state index contributed by atoms with van der Waals surface area (Å²) in [6, 6.07) is 23.3. The van der Waals surface area contributed by atoms with Gasteiger partial charge in [-0.3, -0.25) is 15.3 Å². The zero-order chi connectivity index (χ0) is 21.4. The quantitative estimate of drug-likeness (QED) is 0.453. The Balaban J connectivity index is 1.29. The standard InChI is InChI=1S/C26H24N5O/c1-2-14-27-23(3-1)17-32-24-12-10-21(11-13-24)26(16-18-4-7-22(26)15-18)20-8-5-19(6-9-20)25-28-30-31-29-25/h1-3,5-6,8-14,18,22H,4,7,15-17H2/q-1/t18?,22-,26+/m1/s1. The van der Waals surface area contributed by atoms with E-state index in [1.807, 2.05) is 18.2 Å². The molecule has 4 aromatic rings. The molecule has 2 saturated carbocycles. The molecule has 0 saturated heterocycles. The van der Waals surface area contributed by atoms with E-state index in [9.17, 15) is 0 Å². The van der Waals surface area contributed by atoms with Crippen molar-refractivity contribution in [2.24, 2.45) is 11.8 Å². The second-order valence-electron chi connectivity index (χ2n) is 8.97. The van der Waals surface area contributed by atoms with Gasteiger partial charge in [-0.1, -0.05) is 48.9 Å². The fourth-order valence-electron chi connectivity index (χ4n) is 5.87. The van der Waals surface area contributed by atoms with Gasteiger partial charge in [-0.2, -0.15) is 5.21 Å². The average Bonchev–Trinajstić information content (AvgIpc) is 3.62. The van der Waals surface area contributed by atoms with Gasteiger partial charge in [-0.25, -0.2) is 0 Å². The first kappa shape index (κ1) is 19.2. The highest BCUT2D eigenvalue weighted by Crippen LogP contribution is 2.60. The molecule has 1 unspecified atom stereocenters. The molecule has 0 spiro atoms. The summed E-state index contributed by atoms with van der Waals surface area (Å²) < 4.78 is 5.98. The Hall–Kier alpha value is -3.54. The van der Waals surface area contributed by atoms with Crippen LogP contribution in [0.15, 0.2) is 72.9 Å². The largest absolute Gasteiger partial charge is 0.487 e. The smallest absolute Gasteiger partial charge is 0.130 e. The van der Waals surface area contributed by atoms with Crippen LogP contribution in [-0.2, 0) is 12.0 Å². The van der Waals surface area contributed by atoms with E-state index < -0.39 is 0 Å². The molecule has 6 rings (SSSR count). The summed E-state index contributed by atoms with van der Waals surface area (Å²) in [7, 11) is 0. The molecule has 2 aromatic heterocycles.